The molecule has 0 amide bonds. The molecule has 0 saturated carbocycles. The summed E-state index contributed by atoms with van der Waals surface area (Å²) in [5.74, 6) is 0.692. The first-order chi connectivity index (χ1) is 7.49. The van der Waals surface area contributed by atoms with Crippen LogP contribution >= 0.6 is 15.9 Å². The van der Waals surface area contributed by atoms with Crippen molar-refractivity contribution in [1.82, 2.24) is 9.88 Å². The zero-order valence-corrected chi connectivity index (χ0v) is 12.2. The van der Waals surface area contributed by atoms with Crippen LogP contribution in [0.25, 0.3) is 0 Å². The molecule has 16 heavy (non-hydrogen) atoms. The molecule has 90 valence electrons. The molecule has 2 nitrogen and oxygen atoms in total. The maximum absolute atomic E-state index is 4.42. The molecule has 0 atom stereocenters. The van der Waals surface area contributed by atoms with Crippen molar-refractivity contribution in [3.63, 3.8) is 0 Å². The van der Waals surface area contributed by atoms with Crippen LogP contribution in [0.5, 0.6) is 0 Å². The second-order valence-corrected chi connectivity index (χ2v) is 5.80. The van der Waals surface area contributed by atoms with Crippen LogP contribution in [0.15, 0.2) is 22.8 Å². The van der Waals surface area contributed by atoms with Gasteiger partial charge in [0.2, 0.25) is 0 Å². The van der Waals surface area contributed by atoms with Gasteiger partial charge < -0.3 is 0 Å². The summed E-state index contributed by atoms with van der Waals surface area (Å²) in [5.41, 5.74) is 1.14. The van der Waals surface area contributed by atoms with Gasteiger partial charge in [0.1, 0.15) is 0 Å². The van der Waals surface area contributed by atoms with Crippen LogP contribution in [0.2, 0.25) is 0 Å². The molecule has 0 saturated heterocycles. The number of hydrogen-bond donors (Lipinski definition) is 0. The Labute approximate surface area is 107 Å². The highest BCUT2D eigenvalue weighted by Gasteiger charge is 2.12. The Hall–Kier alpha value is -0.410. The fourth-order valence-electron chi connectivity index (χ4n) is 1.64. The van der Waals surface area contributed by atoms with Gasteiger partial charge in [-0.3, -0.25) is 9.88 Å². The summed E-state index contributed by atoms with van der Waals surface area (Å²) >= 11 is 3.40. The van der Waals surface area contributed by atoms with Gasteiger partial charge in [0, 0.05) is 29.8 Å². The topological polar surface area (TPSA) is 16.1 Å². The number of hydrogen-bond acceptors (Lipinski definition) is 2. The third kappa shape index (κ3) is 4.62. The van der Waals surface area contributed by atoms with Crippen molar-refractivity contribution in [1.29, 1.82) is 0 Å². The van der Waals surface area contributed by atoms with Crippen LogP contribution in [-0.4, -0.2) is 22.5 Å². The minimum atomic E-state index is 0.563. The number of rotatable bonds is 5. The fourth-order valence-corrected chi connectivity index (χ4v) is 1.87. The van der Waals surface area contributed by atoms with Crippen molar-refractivity contribution >= 4 is 15.9 Å². The van der Waals surface area contributed by atoms with Crippen LogP contribution in [0.1, 0.15) is 33.4 Å². The van der Waals surface area contributed by atoms with Crippen molar-refractivity contribution in [2.45, 2.75) is 40.3 Å². The average molecular weight is 285 g/mol. The molecule has 0 spiro atoms. The molecule has 0 radical (unpaired) electrons. The number of halogens is 1. The van der Waals surface area contributed by atoms with E-state index in [1.807, 2.05) is 6.20 Å². The Morgan fingerprint density at radius 1 is 1.25 bits per heavy atom. The van der Waals surface area contributed by atoms with Crippen molar-refractivity contribution in [3.8, 4) is 0 Å². The molecule has 0 aliphatic carbocycles. The molecule has 0 bridgehead atoms. The van der Waals surface area contributed by atoms with Crippen molar-refractivity contribution in [2.24, 2.45) is 5.92 Å². The lowest BCUT2D eigenvalue weighted by Crippen LogP contribution is -2.33. The van der Waals surface area contributed by atoms with Gasteiger partial charge in [-0.05, 0) is 47.8 Å². The van der Waals surface area contributed by atoms with Crippen molar-refractivity contribution in [2.75, 3.05) is 6.54 Å². The van der Waals surface area contributed by atoms with E-state index in [2.05, 4.69) is 65.6 Å². The molecule has 0 unspecified atom stereocenters. The molecule has 1 aromatic rings. The molecule has 1 aromatic heterocycles. The second kappa shape index (κ2) is 6.36. The lowest BCUT2D eigenvalue weighted by atomic mass is 10.1. The van der Waals surface area contributed by atoms with Crippen molar-refractivity contribution < 1.29 is 0 Å². The van der Waals surface area contributed by atoms with E-state index in [-0.39, 0.29) is 0 Å². The Kier molecular flexibility index (Phi) is 5.42. The van der Waals surface area contributed by atoms with Gasteiger partial charge in [-0.1, -0.05) is 13.8 Å². The van der Waals surface area contributed by atoms with E-state index in [1.165, 1.54) is 0 Å². The van der Waals surface area contributed by atoms with Crippen LogP contribution in [-0.2, 0) is 6.54 Å². The van der Waals surface area contributed by atoms with Gasteiger partial charge >= 0.3 is 0 Å². The van der Waals surface area contributed by atoms with E-state index < -0.39 is 0 Å². The third-order valence-corrected chi connectivity index (χ3v) is 2.95. The lowest BCUT2D eigenvalue weighted by molar-refractivity contribution is 0.187. The summed E-state index contributed by atoms with van der Waals surface area (Å²) in [5, 5.41) is 0. The summed E-state index contributed by atoms with van der Waals surface area (Å²) in [4.78, 5) is 6.88. The van der Waals surface area contributed by atoms with Crippen LogP contribution in [0.3, 0.4) is 0 Å². The summed E-state index contributed by atoms with van der Waals surface area (Å²) in [7, 11) is 0. The molecule has 0 aromatic carbocycles. The first kappa shape index (κ1) is 13.7. The monoisotopic (exact) mass is 284 g/mol. The molecule has 0 N–H and O–H groups in total. The Morgan fingerprint density at radius 3 is 2.38 bits per heavy atom. The molecular weight excluding hydrogens is 264 g/mol. The van der Waals surface area contributed by atoms with E-state index >= 15 is 0 Å². The maximum Gasteiger partial charge on any atom is 0.0544 e. The highest BCUT2D eigenvalue weighted by Crippen LogP contribution is 2.12. The van der Waals surface area contributed by atoms with E-state index in [4.69, 9.17) is 0 Å². The number of aromatic nitrogens is 1. The minimum Gasteiger partial charge on any atom is -0.295 e. The molecule has 1 rings (SSSR count). The minimum absolute atomic E-state index is 0.563. The maximum atomic E-state index is 4.42. The molecular formula is C13H21BrN2. The molecule has 3 heteroatoms. The van der Waals surface area contributed by atoms with E-state index in [0.29, 0.717) is 12.0 Å². The van der Waals surface area contributed by atoms with Gasteiger partial charge in [0.15, 0.2) is 0 Å². The summed E-state index contributed by atoms with van der Waals surface area (Å²) in [6.07, 6.45) is 1.86. The zero-order valence-electron chi connectivity index (χ0n) is 10.6. The van der Waals surface area contributed by atoms with Gasteiger partial charge in [-0.2, -0.15) is 0 Å². The Bertz CT molecular complexity index is 306. The quantitative estimate of drug-likeness (QED) is 0.820. The van der Waals surface area contributed by atoms with Crippen LogP contribution in [0.4, 0.5) is 0 Å². The highest BCUT2D eigenvalue weighted by atomic mass is 79.9. The SMILES string of the molecule is CC(C)CN(Cc1ccc(Br)cn1)C(C)C. The number of pyridine rings is 1. The number of nitrogens with zero attached hydrogens (tertiary/aromatic N) is 2. The summed E-state index contributed by atoms with van der Waals surface area (Å²) < 4.78 is 1.04. The largest absolute Gasteiger partial charge is 0.295 e. The van der Waals surface area contributed by atoms with E-state index in [1.54, 1.807) is 0 Å². The average Bonchev–Trinajstić information content (AvgIpc) is 2.19. The van der Waals surface area contributed by atoms with Crippen LogP contribution < -0.4 is 0 Å². The Balaban J connectivity index is 2.64. The molecule has 0 aliphatic heterocycles. The summed E-state index contributed by atoms with van der Waals surface area (Å²) in [6.45, 7) is 11.0. The Morgan fingerprint density at radius 2 is 1.94 bits per heavy atom. The van der Waals surface area contributed by atoms with Crippen LogP contribution in [0, 0.1) is 5.92 Å². The fraction of sp³-hybridized carbons (Fsp3) is 0.615. The zero-order chi connectivity index (χ0) is 12.1. The smallest absolute Gasteiger partial charge is 0.0544 e. The lowest BCUT2D eigenvalue weighted by Gasteiger charge is -2.27. The van der Waals surface area contributed by atoms with Gasteiger partial charge in [0.25, 0.3) is 0 Å². The first-order valence-electron chi connectivity index (χ1n) is 5.83. The second-order valence-electron chi connectivity index (χ2n) is 4.88. The predicted octanol–water partition coefficient (Wildman–Crippen LogP) is 3.71. The predicted molar refractivity (Wildman–Crippen MR) is 72.3 cm³/mol. The van der Waals surface area contributed by atoms with Crippen molar-refractivity contribution in [3.05, 3.63) is 28.5 Å². The summed E-state index contributed by atoms with van der Waals surface area (Å²) in [6, 6.07) is 4.70. The first-order valence-corrected chi connectivity index (χ1v) is 6.63. The van der Waals surface area contributed by atoms with Gasteiger partial charge in [-0.15, -0.1) is 0 Å². The normalized spacial score (nSPS) is 11.8. The molecule has 0 aliphatic rings. The van der Waals surface area contributed by atoms with Gasteiger partial charge in [0.05, 0.1) is 5.69 Å². The highest BCUT2D eigenvalue weighted by molar-refractivity contribution is 9.10. The third-order valence-electron chi connectivity index (χ3n) is 2.48. The molecule has 1 heterocycles. The standard InChI is InChI=1S/C13H21BrN2/c1-10(2)8-16(11(3)4)9-13-6-5-12(14)7-15-13/h5-7,10-11H,8-9H2,1-4H3. The van der Waals surface area contributed by atoms with E-state index in [9.17, 15) is 0 Å². The van der Waals surface area contributed by atoms with Gasteiger partial charge in [-0.25, -0.2) is 0 Å². The van der Waals surface area contributed by atoms with E-state index in [0.717, 1.165) is 23.3 Å². The molecule has 0 fully saturated rings.